The van der Waals surface area contributed by atoms with Gasteiger partial charge in [-0.25, -0.2) is 4.79 Å². The molecule has 6 nitrogen and oxygen atoms in total. The lowest BCUT2D eigenvalue weighted by Gasteiger charge is -2.10. The molecule has 156 valence electrons. The quantitative estimate of drug-likeness (QED) is 0.433. The number of Topliss-reactive ketones (excluding diaryl/α,β-unsaturated/α-hetero) is 1. The van der Waals surface area contributed by atoms with Crippen LogP contribution < -0.4 is 9.64 Å². The Labute approximate surface area is 180 Å². The third kappa shape index (κ3) is 4.64. The first-order valence-corrected chi connectivity index (χ1v) is 9.88. The monoisotopic (exact) mass is 415 g/mol. The van der Waals surface area contributed by atoms with Crippen molar-refractivity contribution in [2.45, 2.75) is 13.0 Å². The smallest absolute Gasteiger partial charge is 0.338 e. The molecule has 1 heterocycles. The minimum atomic E-state index is -0.569. The maximum Gasteiger partial charge on any atom is 0.338 e. The molecule has 0 radical (unpaired) electrons. The highest BCUT2D eigenvalue weighted by molar-refractivity contribution is 6.04. The third-order valence-electron chi connectivity index (χ3n) is 5.15. The van der Waals surface area contributed by atoms with Crippen molar-refractivity contribution in [1.82, 2.24) is 0 Å². The Morgan fingerprint density at radius 3 is 2.39 bits per heavy atom. The van der Waals surface area contributed by atoms with E-state index in [1.807, 2.05) is 30.3 Å². The minimum Gasteiger partial charge on any atom is -0.489 e. The van der Waals surface area contributed by atoms with Crippen molar-refractivity contribution in [2.24, 2.45) is 0 Å². The number of amides is 1. The van der Waals surface area contributed by atoms with Crippen LogP contribution in [0.15, 0.2) is 72.8 Å². The van der Waals surface area contributed by atoms with E-state index in [1.54, 1.807) is 54.4 Å². The van der Waals surface area contributed by atoms with Gasteiger partial charge < -0.3 is 14.4 Å². The summed E-state index contributed by atoms with van der Waals surface area (Å²) in [7, 11) is 1.70. The van der Waals surface area contributed by atoms with Gasteiger partial charge in [0.05, 0.1) is 12.0 Å². The van der Waals surface area contributed by atoms with Gasteiger partial charge in [-0.1, -0.05) is 30.3 Å². The zero-order valence-corrected chi connectivity index (χ0v) is 17.0. The number of ether oxygens (including phenoxy) is 2. The van der Waals surface area contributed by atoms with Gasteiger partial charge in [-0.2, -0.15) is 0 Å². The van der Waals surface area contributed by atoms with Gasteiger partial charge in [0, 0.05) is 18.3 Å². The number of benzene rings is 3. The van der Waals surface area contributed by atoms with Crippen molar-refractivity contribution in [3.8, 4) is 5.75 Å². The fourth-order valence-electron chi connectivity index (χ4n) is 3.36. The fraction of sp³-hybridized carbons (Fsp3) is 0.160. The highest BCUT2D eigenvalue weighted by atomic mass is 16.5. The first kappa shape index (κ1) is 20.3. The van der Waals surface area contributed by atoms with E-state index in [0.717, 1.165) is 22.6 Å². The summed E-state index contributed by atoms with van der Waals surface area (Å²) in [6, 6.07) is 21.4. The number of carbonyl (C=O) groups is 3. The maximum atomic E-state index is 12.4. The van der Waals surface area contributed by atoms with E-state index >= 15 is 0 Å². The zero-order chi connectivity index (χ0) is 21.8. The second-order valence-corrected chi connectivity index (χ2v) is 7.27. The normalized spacial score (nSPS) is 12.4. The molecule has 0 bridgehead atoms. The average molecular weight is 415 g/mol. The van der Waals surface area contributed by atoms with Gasteiger partial charge in [0.15, 0.2) is 12.4 Å². The Hall–Kier alpha value is -3.93. The van der Waals surface area contributed by atoms with Crippen molar-refractivity contribution in [3.63, 3.8) is 0 Å². The molecular weight excluding hydrogens is 394 g/mol. The van der Waals surface area contributed by atoms with Crippen LogP contribution >= 0.6 is 0 Å². The van der Waals surface area contributed by atoms with Gasteiger partial charge in [0.2, 0.25) is 5.91 Å². The molecule has 0 saturated heterocycles. The number of esters is 1. The standard InChI is InChI=1S/C25H21NO5/c1-26-22-12-11-19(13-20(22)14-24(26)28)23(27)16-31-25(29)18-9-7-17(8-10-18)15-30-21-5-3-2-4-6-21/h2-13H,14-16H2,1H3. The summed E-state index contributed by atoms with van der Waals surface area (Å²) in [5.41, 5.74) is 3.29. The first-order chi connectivity index (χ1) is 15.0. The summed E-state index contributed by atoms with van der Waals surface area (Å²) < 4.78 is 10.9. The van der Waals surface area contributed by atoms with Crippen LogP contribution in [0.1, 0.15) is 31.8 Å². The molecule has 0 atom stereocenters. The number of hydrogen-bond acceptors (Lipinski definition) is 5. The minimum absolute atomic E-state index is 0.0105. The molecule has 1 amide bonds. The van der Waals surface area contributed by atoms with Crippen molar-refractivity contribution in [1.29, 1.82) is 0 Å². The van der Waals surface area contributed by atoms with Crippen LogP contribution in [0.2, 0.25) is 0 Å². The average Bonchev–Trinajstić information content (AvgIpc) is 3.09. The van der Waals surface area contributed by atoms with Gasteiger partial charge in [-0.15, -0.1) is 0 Å². The molecule has 6 heteroatoms. The Morgan fingerprint density at radius 2 is 1.65 bits per heavy atom. The molecule has 31 heavy (non-hydrogen) atoms. The summed E-state index contributed by atoms with van der Waals surface area (Å²) in [5, 5.41) is 0. The van der Waals surface area contributed by atoms with Crippen molar-refractivity contribution >= 4 is 23.3 Å². The van der Waals surface area contributed by atoms with Crippen molar-refractivity contribution in [2.75, 3.05) is 18.6 Å². The predicted molar refractivity (Wildman–Crippen MR) is 115 cm³/mol. The van der Waals surface area contributed by atoms with Gasteiger partial charge >= 0.3 is 5.97 Å². The number of nitrogens with zero attached hydrogens (tertiary/aromatic N) is 1. The Bertz CT molecular complexity index is 1120. The lowest BCUT2D eigenvalue weighted by Crippen LogP contribution is -2.20. The lowest BCUT2D eigenvalue weighted by atomic mass is 10.1. The van der Waals surface area contributed by atoms with E-state index < -0.39 is 5.97 Å². The van der Waals surface area contributed by atoms with Gasteiger partial charge in [0.1, 0.15) is 12.4 Å². The van der Waals surface area contributed by atoms with Crippen LogP contribution in [-0.2, 0) is 22.6 Å². The van der Waals surface area contributed by atoms with Crippen LogP contribution in [0.25, 0.3) is 0 Å². The van der Waals surface area contributed by atoms with E-state index in [-0.39, 0.29) is 24.7 Å². The first-order valence-electron chi connectivity index (χ1n) is 9.88. The Kier molecular flexibility index (Phi) is 5.80. The molecule has 3 aromatic carbocycles. The molecule has 1 aliphatic heterocycles. The van der Waals surface area contributed by atoms with E-state index in [0.29, 0.717) is 17.7 Å². The number of likely N-dealkylation sites (N-methyl/N-ethyl adjacent to an activating group) is 1. The Balaban J connectivity index is 1.31. The van der Waals surface area contributed by atoms with Gasteiger partial charge in [-0.05, 0) is 53.6 Å². The second kappa shape index (κ2) is 8.83. The highest BCUT2D eigenvalue weighted by Crippen LogP contribution is 2.28. The largest absolute Gasteiger partial charge is 0.489 e. The van der Waals surface area contributed by atoms with Gasteiger partial charge in [0.25, 0.3) is 0 Å². The van der Waals surface area contributed by atoms with Crippen LogP contribution in [0, 0.1) is 0 Å². The molecule has 0 aliphatic carbocycles. The third-order valence-corrected chi connectivity index (χ3v) is 5.15. The molecule has 3 aromatic rings. The number of ketones is 1. The number of para-hydroxylation sites is 1. The molecule has 4 rings (SSSR count). The summed E-state index contributed by atoms with van der Waals surface area (Å²) in [4.78, 5) is 38.1. The van der Waals surface area contributed by atoms with Crippen LogP contribution in [0.5, 0.6) is 5.75 Å². The summed E-state index contributed by atoms with van der Waals surface area (Å²) in [5.74, 6) is -0.123. The molecular formula is C25H21NO5. The number of anilines is 1. The van der Waals surface area contributed by atoms with E-state index in [4.69, 9.17) is 9.47 Å². The Morgan fingerprint density at radius 1 is 0.935 bits per heavy atom. The lowest BCUT2D eigenvalue weighted by molar-refractivity contribution is -0.117. The number of hydrogen-bond donors (Lipinski definition) is 0. The molecule has 0 N–H and O–H groups in total. The SMILES string of the molecule is CN1C(=O)Cc2cc(C(=O)COC(=O)c3ccc(COc4ccccc4)cc3)ccc21. The number of fused-ring (bicyclic) bond motifs is 1. The topological polar surface area (TPSA) is 72.9 Å². The summed E-state index contributed by atoms with van der Waals surface area (Å²) >= 11 is 0. The van der Waals surface area contributed by atoms with E-state index in [9.17, 15) is 14.4 Å². The van der Waals surface area contributed by atoms with Crippen molar-refractivity contribution in [3.05, 3.63) is 95.1 Å². The molecule has 0 aromatic heterocycles. The zero-order valence-electron chi connectivity index (χ0n) is 17.0. The molecule has 0 spiro atoms. The second-order valence-electron chi connectivity index (χ2n) is 7.27. The fourth-order valence-corrected chi connectivity index (χ4v) is 3.36. The van der Waals surface area contributed by atoms with Crippen LogP contribution in [-0.4, -0.2) is 31.3 Å². The number of carbonyl (C=O) groups excluding carboxylic acids is 3. The molecule has 0 saturated carbocycles. The molecule has 0 fully saturated rings. The molecule has 0 unspecified atom stereocenters. The maximum absolute atomic E-state index is 12.4. The van der Waals surface area contributed by atoms with Crippen LogP contribution in [0.3, 0.4) is 0 Å². The summed E-state index contributed by atoms with van der Waals surface area (Å²) in [6.07, 6.45) is 0.271. The molecule has 1 aliphatic rings. The summed E-state index contributed by atoms with van der Waals surface area (Å²) in [6.45, 7) is 0.0219. The number of rotatable bonds is 7. The van der Waals surface area contributed by atoms with Crippen molar-refractivity contribution < 1.29 is 23.9 Å². The van der Waals surface area contributed by atoms with Crippen LogP contribution in [0.4, 0.5) is 5.69 Å². The predicted octanol–water partition coefficient (Wildman–Crippen LogP) is 3.82. The van der Waals surface area contributed by atoms with E-state index in [1.165, 1.54) is 0 Å². The highest BCUT2D eigenvalue weighted by Gasteiger charge is 2.25. The van der Waals surface area contributed by atoms with E-state index in [2.05, 4.69) is 0 Å². The van der Waals surface area contributed by atoms with Gasteiger partial charge in [-0.3, -0.25) is 9.59 Å².